The van der Waals surface area contributed by atoms with Crippen molar-refractivity contribution in [2.45, 2.75) is 25.9 Å². The molecular weight excluding hydrogens is 318 g/mol. The van der Waals surface area contributed by atoms with Gasteiger partial charge in [-0.05, 0) is 24.6 Å². The van der Waals surface area contributed by atoms with E-state index >= 15 is 0 Å². The quantitative estimate of drug-likeness (QED) is 0.844. The van der Waals surface area contributed by atoms with Crippen molar-refractivity contribution in [2.75, 3.05) is 13.1 Å². The monoisotopic (exact) mass is 335 g/mol. The number of urea groups is 1. The maximum absolute atomic E-state index is 12.2. The molecule has 1 aromatic carbocycles. The Bertz CT molecular complexity index is 756. The molecule has 2 heterocycles. The van der Waals surface area contributed by atoms with Crippen molar-refractivity contribution in [1.82, 2.24) is 14.8 Å². The van der Waals surface area contributed by atoms with E-state index in [9.17, 15) is 9.59 Å². The number of hydrogen-bond donors (Lipinski definition) is 2. The summed E-state index contributed by atoms with van der Waals surface area (Å²) < 4.78 is 2.19. The number of nitrogens with one attached hydrogen (secondary N) is 1. The van der Waals surface area contributed by atoms with E-state index in [2.05, 4.69) is 16.0 Å². The highest BCUT2D eigenvalue weighted by molar-refractivity contribution is 6.31. The van der Waals surface area contributed by atoms with Gasteiger partial charge in [0.1, 0.15) is 0 Å². The highest BCUT2D eigenvalue weighted by atomic mass is 35.5. The first-order chi connectivity index (χ1) is 11.0. The zero-order chi connectivity index (χ0) is 16.4. The summed E-state index contributed by atoms with van der Waals surface area (Å²) in [5, 5.41) is 13.2. The molecule has 0 saturated carbocycles. The van der Waals surface area contributed by atoms with E-state index in [1.807, 2.05) is 18.2 Å². The van der Waals surface area contributed by atoms with E-state index < -0.39 is 5.97 Å². The Hall–Kier alpha value is -2.21. The Morgan fingerprint density at radius 1 is 1.26 bits per heavy atom. The number of fused-ring (bicyclic) bond motifs is 3. The lowest BCUT2D eigenvalue weighted by molar-refractivity contribution is -0.137. The molecule has 122 valence electrons. The number of carboxylic acids is 1. The maximum Gasteiger partial charge on any atom is 0.317 e. The van der Waals surface area contributed by atoms with E-state index in [0.29, 0.717) is 31.1 Å². The number of carbonyl (C=O) groups is 2. The second-order valence-corrected chi connectivity index (χ2v) is 6.08. The van der Waals surface area contributed by atoms with Gasteiger partial charge in [0.05, 0.1) is 6.54 Å². The number of hydrogen-bond acceptors (Lipinski definition) is 2. The van der Waals surface area contributed by atoms with Crippen molar-refractivity contribution in [3.8, 4) is 0 Å². The van der Waals surface area contributed by atoms with Gasteiger partial charge in [0.15, 0.2) is 0 Å². The van der Waals surface area contributed by atoms with Gasteiger partial charge in [0.2, 0.25) is 0 Å². The molecule has 0 aliphatic carbocycles. The SMILES string of the molecule is O=C(O)CCCNC(=O)N1CCn2c(cc3ccc(Cl)cc32)C1. The van der Waals surface area contributed by atoms with Gasteiger partial charge in [-0.15, -0.1) is 0 Å². The van der Waals surface area contributed by atoms with E-state index in [0.717, 1.165) is 23.1 Å². The predicted molar refractivity (Wildman–Crippen MR) is 87.6 cm³/mol. The lowest BCUT2D eigenvalue weighted by Gasteiger charge is -2.29. The Kier molecular flexibility index (Phi) is 4.43. The fourth-order valence-corrected chi connectivity index (χ4v) is 3.06. The summed E-state index contributed by atoms with van der Waals surface area (Å²) in [5.74, 6) is -0.847. The first-order valence-corrected chi connectivity index (χ1v) is 7.94. The van der Waals surface area contributed by atoms with Crippen molar-refractivity contribution in [3.63, 3.8) is 0 Å². The van der Waals surface area contributed by atoms with Crippen molar-refractivity contribution < 1.29 is 14.7 Å². The van der Waals surface area contributed by atoms with Crippen LogP contribution in [0.1, 0.15) is 18.5 Å². The zero-order valence-electron chi connectivity index (χ0n) is 12.6. The summed E-state index contributed by atoms with van der Waals surface area (Å²) in [5.41, 5.74) is 2.17. The van der Waals surface area contributed by atoms with Crippen LogP contribution in [0.4, 0.5) is 4.79 Å². The molecule has 2 N–H and O–H groups in total. The first-order valence-electron chi connectivity index (χ1n) is 7.57. The highest BCUT2D eigenvalue weighted by Crippen LogP contribution is 2.26. The number of halogens is 1. The van der Waals surface area contributed by atoms with E-state index in [-0.39, 0.29) is 12.5 Å². The number of amides is 2. The third-order valence-corrected chi connectivity index (χ3v) is 4.26. The van der Waals surface area contributed by atoms with E-state index in [4.69, 9.17) is 16.7 Å². The molecule has 0 saturated heterocycles. The van der Waals surface area contributed by atoms with Gasteiger partial charge in [-0.25, -0.2) is 4.79 Å². The second-order valence-electron chi connectivity index (χ2n) is 5.64. The van der Waals surface area contributed by atoms with Gasteiger partial charge < -0.3 is 19.9 Å². The van der Waals surface area contributed by atoms with Crippen LogP contribution < -0.4 is 5.32 Å². The topological polar surface area (TPSA) is 74.6 Å². The Labute approximate surface area is 138 Å². The maximum atomic E-state index is 12.2. The number of benzene rings is 1. The first kappa shape index (κ1) is 15.7. The Morgan fingerprint density at radius 2 is 2.09 bits per heavy atom. The molecule has 0 radical (unpaired) electrons. The predicted octanol–water partition coefficient (Wildman–Crippen LogP) is 2.68. The minimum Gasteiger partial charge on any atom is -0.481 e. The van der Waals surface area contributed by atoms with Gasteiger partial charge in [0.25, 0.3) is 0 Å². The van der Waals surface area contributed by atoms with Gasteiger partial charge in [-0.2, -0.15) is 0 Å². The second kappa shape index (κ2) is 6.50. The lowest BCUT2D eigenvalue weighted by Crippen LogP contribution is -2.44. The Balaban J connectivity index is 1.64. The zero-order valence-corrected chi connectivity index (χ0v) is 13.3. The summed E-state index contributed by atoms with van der Waals surface area (Å²) in [7, 11) is 0. The van der Waals surface area contributed by atoms with Crippen LogP contribution >= 0.6 is 11.6 Å². The summed E-state index contributed by atoms with van der Waals surface area (Å²) in [6.45, 7) is 2.26. The molecule has 1 aliphatic heterocycles. The van der Waals surface area contributed by atoms with Crippen molar-refractivity contribution in [2.24, 2.45) is 0 Å². The lowest BCUT2D eigenvalue weighted by atomic mass is 10.2. The number of rotatable bonds is 4. The van der Waals surface area contributed by atoms with Crippen LogP contribution in [-0.4, -0.2) is 39.7 Å². The van der Waals surface area contributed by atoms with Gasteiger partial charge in [-0.1, -0.05) is 17.7 Å². The standard InChI is InChI=1S/C16H18ClN3O3/c17-12-4-3-11-8-13-10-19(6-7-20(13)14(11)9-12)16(23)18-5-1-2-15(21)22/h3-4,8-9H,1-2,5-7,10H2,(H,18,23)(H,21,22). The fraction of sp³-hybridized carbons (Fsp3) is 0.375. The van der Waals surface area contributed by atoms with Crippen LogP contribution in [0, 0.1) is 0 Å². The Morgan fingerprint density at radius 3 is 2.87 bits per heavy atom. The van der Waals surface area contributed by atoms with Crippen LogP contribution in [0.25, 0.3) is 10.9 Å². The molecular formula is C16H18ClN3O3. The number of nitrogens with zero attached hydrogens (tertiary/aromatic N) is 2. The van der Waals surface area contributed by atoms with Crippen LogP contribution in [-0.2, 0) is 17.9 Å². The molecule has 0 spiro atoms. The van der Waals surface area contributed by atoms with Gasteiger partial charge in [0, 0.05) is 47.7 Å². The largest absolute Gasteiger partial charge is 0.481 e. The smallest absolute Gasteiger partial charge is 0.317 e. The average molecular weight is 336 g/mol. The third-order valence-electron chi connectivity index (χ3n) is 4.03. The van der Waals surface area contributed by atoms with E-state index in [1.54, 1.807) is 4.90 Å². The molecule has 2 amide bonds. The summed E-state index contributed by atoms with van der Waals surface area (Å²) in [6.07, 6.45) is 0.503. The van der Waals surface area contributed by atoms with Gasteiger partial charge >= 0.3 is 12.0 Å². The highest BCUT2D eigenvalue weighted by Gasteiger charge is 2.22. The third kappa shape index (κ3) is 3.42. The summed E-state index contributed by atoms with van der Waals surface area (Å²) >= 11 is 6.06. The number of carbonyl (C=O) groups excluding carboxylic acids is 1. The van der Waals surface area contributed by atoms with Crippen LogP contribution in [0.2, 0.25) is 5.02 Å². The minimum atomic E-state index is -0.847. The van der Waals surface area contributed by atoms with Crippen molar-refractivity contribution in [3.05, 3.63) is 35.0 Å². The fourth-order valence-electron chi connectivity index (χ4n) is 2.90. The summed E-state index contributed by atoms with van der Waals surface area (Å²) in [6, 6.07) is 7.73. The van der Waals surface area contributed by atoms with Crippen LogP contribution in [0.3, 0.4) is 0 Å². The molecule has 1 aromatic heterocycles. The average Bonchev–Trinajstić information content (AvgIpc) is 2.88. The number of aliphatic carboxylic acids is 1. The number of aromatic nitrogens is 1. The van der Waals surface area contributed by atoms with Gasteiger partial charge in [-0.3, -0.25) is 4.79 Å². The molecule has 7 heteroatoms. The normalized spacial score (nSPS) is 13.9. The molecule has 3 rings (SSSR count). The molecule has 23 heavy (non-hydrogen) atoms. The van der Waals surface area contributed by atoms with Crippen LogP contribution in [0.15, 0.2) is 24.3 Å². The molecule has 0 atom stereocenters. The molecule has 6 nitrogen and oxygen atoms in total. The van der Waals surface area contributed by atoms with Crippen molar-refractivity contribution in [1.29, 1.82) is 0 Å². The molecule has 0 fully saturated rings. The molecule has 2 aromatic rings. The number of carboxylic acid groups (broad SMARTS) is 1. The van der Waals surface area contributed by atoms with E-state index in [1.165, 1.54) is 0 Å². The van der Waals surface area contributed by atoms with Crippen LogP contribution in [0.5, 0.6) is 0 Å². The molecule has 0 bridgehead atoms. The van der Waals surface area contributed by atoms with Crippen molar-refractivity contribution >= 4 is 34.5 Å². The molecule has 0 unspecified atom stereocenters. The minimum absolute atomic E-state index is 0.0648. The summed E-state index contributed by atoms with van der Waals surface area (Å²) in [4.78, 5) is 24.4. The molecule has 1 aliphatic rings.